The quantitative estimate of drug-likeness (QED) is 0.784. The lowest BCUT2D eigenvalue weighted by Gasteiger charge is -2.37. The molecule has 1 atom stereocenters. The van der Waals surface area contributed by atoms with E-state index in [1.807, 2.05) is 22.7 Å². The first-order valence-corrected chi connectivity index (χ1v) is 11.1. The first-order chi connectivity index (χ1) is 13.6. The van der Waals surface area contributed by atoms with Crippen LogP contribution in [0.25, 0.3) is 0 Å². The van der Waals surface area contributed by atoms with Gasteiger partial charge in [-0.2, -0.15) is 0 Å². The number of piperazine rings is 1. The van der Waals surface area contributed by atoms with Crippen LogP contribution < -0.4 is 9.80 Å². The van der Waals surface area contributed by atoms with Gasteiger partial charge in [-0.1, -0.05) is 37.3 Å². The molecule has 148 valence electrons. The highest BCUT2D eigenvalue weighted by Gasteiger charge is 2.27. The molecule has 28 heavy (non-hydrogen) atoms. The molecule has 1 fully saturated rings. The molecule has 4 rings (SSSR count). The molecule has 4 nitrogen and oxygen atoms in total. The van der Waals surface area contributed by atoms with Crippen LogP contribution in [0.5, 0.6) is 0 Å². The molecule has 0 aromatic heterocycles. The SMILES string of the molecule is Cc1ccccc1N1CCN(CC(=O)N2CC[C@@H](C)Sc3ccccc32)CC1. The Kier molecular flexibility index (Phi) is 5.93. The van der Waals surface area contributed by atoms with Crippen LogP contribution in [0.2, 0.25) is 0 Å². The number of carbonyl (C=O) groups is 1. The van der Waals surface area contributed by atoms with E-state index in [9.17, 15) is 4.79 Å². The number of benzene rings is 2. The predicted octanol–water partition coefficient (Wildman–Crippen LogP) is 4.03. The van der Waals surface area contributed by atoms with Gasteiger partial charge >= 0.3 is 0 Å². The molecule has 0 bridgehead atoms. The van der Waals surface area contributed by atoms with Crippen LogP contribution in [-0.4, -0.2) is 55.3 Å². The zero-order valence-corrected chi connectivity index (χ0v) is 17.6. The van der Waals surface area contributed by atoms with Gasteiger partial charge in [0.05, 0.1) is 12.2 Å². The highest BCUT2D eigenvalue weighted by atomic mass is 32.2. The molecule has 1 amide bonds. The van der Waals surface area contributed by atoms with Gasteiger partial charge in [-0.05, 0) is 37.1 Å². The summed E-state index contributed by atoms with van der Waals surface area (Å²) in [6, 6.07) is 16.9. The van der Waals surface area contributed by atoms with E-state index >= 15 is 0 Å². The van der Waals surface area contributed by atoms with Crippen LogP contribution in [0.4, 0.5) is 11.4 Å². The summed E-state index contributed by atoms with van der Waals surface area (Å²) in [5.41, 5.74) is 3.72. The van der Waals surface area contributed by atoms with Crippen molar-refractivity contribution in [1.82, 2.24) is 4.90 Å². The van der Waals surface area contributed by atoms with Crippen molar-refractivity contribution in [1.29, 1.82) is 0 Å². The average molecular weight is 396 g/mol. The highest BCUT2D eigenvalue weighted by Crippen LogP contribution is 2.37. The van der Waals surface area contributed by atoms with Gasteiger partial charge in [-0.25, -0.2) is 0 Å². The Labute approximate surface area is 172 Å². The molecule has 2 aliphatic heterocycles. The summed E-state index contributed by atoms with van der Waals surface area (Å²) in [6.07, 6.45) is 1.03. The van der Waals surface area contributed by atoms with Gasteiger partial charge in [0.1, 0.15) is 0 Å². The maximum atomic E-state index is 13.2. The maximum Gasteiger partial charge on any atom is 0.241 e. The van der Waals surface area contributed by atoms with E-state index in [1.165, 1.54) is 16.1 Å². The Balaban J connectivity index is 1.39. The third kappa shape index (κ3) is 4.20. The van der Waals surface area contributed by atoms with Gasteiger partial charge in [-0.3, -0.25) is 9.69 Å². The highest BCUT2D eigenvalue weighted by molar-refractivity contribution is 8.00. The molecule has 0 N–H and O–H groups in total. The number of aryl methyl sites for hydroxylation is 1. The van der Waals surface area contributed by atoms with Crippen LogP contribution in [0.15, 0.2) is 53.4 Å². The second-order valence-electron chi connectivity index (χ2n) is 7.78. The molecule has 2 heterocycles. The van der Waals surface area contributed by atoms with Crippen LogP contribution in [0.1, 0.15) is 18.9 Å². The lowest BCUT2D eigenvalue weighted by Crippen LogP contribution is -2.50. The number of para-hydroxylation sites is 2. The van der Waals surface area contributed by atoms with Crippen molar-refractivity contribution < 1.29 is 4.79 Å². The van der Waals surface area contributed by atoms with Gasteiger partial charge in [0.2, 0.25) is 5.91 Å². The van der Waals surface area contributed by atoms with Crippen LogP contribution in [0.3, 0.4) is 0 Å². The van der Waals surface area contributed by atoms with Crippen molar-refractivity contribution >= 4 is 29.0 Å². The third-order valence-corrected chi connectivity index (χ3v) is 6.97. The van der Waals surface area contributed by atoms with E-state index in [1.54, 1.807) is 0 Å². The molecule has 2 aromatic carbocycles. The average Bonchev–Trinajstić information content (AvgIpc) is 2.87. The zero-order chi connectivity index (χ0) is 19.5. The van der Waals surface area contributed by atoms with Gasteiger partial charge in [0.15, 0.2) is 0 Å². The van der Waals surface area contributed by atoms with Gasteiger partial charge in [0, 0.05) is 48.6 Å². The molecular weight excluding hydrogens is 366 g/mol. The first-order valence-electron chi connectivity index (χ1n) is 10.2. The minimum atomic E-state index is 0.228. The Morgan fingerprint density at radius 2 is 1.64 bits per heavy atom. The number of amides is 1. The number of carbonyl (C=O) groups excluding carboxylic acids is 1. The molecule has 0 aliphatic carbocycles. The predicted molar refractivity (Wildman–Crippen MR) is 119 cm³/mol. The van der Waals surface area contributed by atoms with Crippen molar-refractivity contribution in [3.8, 4) is 0 Å². The summed E-state index contributed by atoms with van der Waals surface area (Å²) in [6.45, 7) is 9.55. The second-order valence-corrected chi connectivity index (χ2v) is 9.26. The van der Waals surface area contributed by atoms with Crippen LogP contribution >= 0.6 is 11.8 Å². The van der Waals surface area contributed by atoms with E-state index in [0.29, 0.717) is 11.8 Å². The molecule has 0 spiro atoms. The van der Waals surface area contributed by atoms with E-state index in [-0.39, 0.29) is 5.91 Å². The minimum Gasteiger partial charge on any atom is -0.369 e. The Bertz CT molecular complexity index is 832. The molecule has 2 aliphatic rings. The standard InChI is InChI=1S/C23H29N3OS/c1-18-7-3-4-8-20(18)25-15-13-24(14-16-25)17-23(27)26-12-11-19(2)28-22-10-6-5-9-21(22)26/h3-10,19H,11-17H2,1-2H3/t19-/m1/s1. The van der Waals surface area contributed by atoms with Crippen molar-refractivity contribution in [3.63, 3.8) is 0 Å². The Hall–Kier alpha value is -1.98. The normalized spacial score (nSPS) is 20.6. The molecular formula is C23H29N3OS. The summed E-state index contributed by atoms with van der Waals surface area (Å²) >= 11 is 1.88. The Morgan fingerprint density at radius 1 is 0.964 bits per heavy atom. The fourth-order valence-corrected chi connectivity index (χ4v) is 5.20. The van der Waals surface area contributed by atoms with Crippen molar-refractivity contribution in [2.75, 3.05) is 49.1 Å². The van der Waals surface area contributed by atoms with E-state index in [2.05, 4.69) is 66.1 Å². The molecule has 0 radical (unpaired) electrons. The van der Waals surface area contributed by atoms with Crippen molar-refractivity contribution in [3.05, 3.63) is 54.1 Å². The van der Waals surface area contributed by atoms with Crippen molar-refractivity contribution in [2.45, 2.75) is 30.4 Å². The topological polar surface area (TPSA) is 26.8 Å². The van der Waals surface area contributed by atoms with Gasteiger partial charge in [0.25, 0.3) is 0 Å². The number of nitrogens with zero attached hydrogens (tertiary/aromatic N) is 3. The molecule has 2 aromatic rings. The van der Waals surface area contributed by atoms with E-state index in [0.717, 1.165) is 44.8 Å². The molecule has 5 heteroatoms. The smallest absolute Gasteiger partial charge is 0.241 e. The number of hydrogen-bond acceptors (Lipinski definition) is 4. The van der Waals surface area contributed by atoms with E-state index < -0.39 is 0 Å². The number of thioether (sulfide) groups is 1. The van der Waals surface area contributed by atoms with Gasteiger partial charge in [-0.15, -0.1) is 11.8 Å². The van der Waals surface area contributed by atoms with Crippen LogP contribution in [0, 0.1) is 6.92 Å². The maximum absolute atomic E-state index is 13.2. The third-order valence-electron chi connectivity index (χ3n) is 5.73. The Morgan fingerprint density at radius 3 is 2.39 bits per heavy atom. The number of rotatable bonds is 3. The molecule has 0 saturated carbocycles. The monoisotopic (exact) mass is 395 g/mol. The summed E-state index contributed by atoms with van der Waals surface area (Å²) in [5.74, 6) is 0.228. The fourth-order valence-electron chi connectivity index (χ4n) is 4.09. The molecule has 0 unspecified atom stereocenters. The largest absolute Gasteiger partial charge is 0.369 e. The number of anilines is 2. The van der Waals surface area contributed by atoms with Crippen LogP contribution in [-0.2, 0) is 4.79 Å². The fraction of sp³-hybridized carbons (Fsp3) is 0.435. The summed E-state index contributed by atoms with van der Waals surface area (Å²) in [5, 5.41) is 0.539. The first kappa shape index (κ1) is 19.3. The van der Waals surface area contributed by atoms with E-state index in [4.69, 9.17) is 0 Å². The van der Waals surface area contributed by atoms with Crippen molar-refractivity contribution in [2.24, 2.45) is 0 Å². The second kappa shape index (κ2) is 8.58. The number of fused-ring (bicyclic) bond motifs is 1. The zero-order valence-electron chi connectivity index (χ0n) is 16.8. The summed E-state index contributed by atoms with van der Waals surface area (Å²) < 4.78 is 0. The molecule has 1 saturated heterocycles. The lowest BCUT2D eigenvalue weighted by atomic mass is 10.1. The number of hydrogen-bond donors (Lipinski definition) is 0. The summed E-state index contributed by atoms with van der Waals surface area (Å²) in [4.78, 5) is 21.1. The van der Waals surface area contributed by atoms with Gasteiger partial charge < -0.3 is 9.80 Å². The summed E-state index contributed by atoms with van der Waals surface area (Å²) in [7, 11) is 0. The minimum absolute atomic E-state index is 0.228. The lowest BCUT2D eigenvalue weighted by molar-refractivity contribution is -0.119.